The van der Waals surface area contributed by atoms with E-state index in [9.17, 15) is 5.11 Å². The summed E-state index contributed by atoms with van der Waals surface area (Å²) < 4.78 is 0. The molecule has 17 heavy (non-hydrogen) atoms. The van der Waals surface area contributed by atoms with Crippen LogP contribution in [0.15, 0.2) is 18.2 Å². The van der Waals surface area contributed by atoms with Gasteiger partial charge in [-0.25, -0.2) is 0 Å². The zero-order valence-electron chi connectivity index (χ0n) is 10.7. The van der Waals surface area contributed by atoms with E-state index >= 15 is 0 Å². The predicted octanol–water partition coefficient (Wildman–Crippen LogP) is 2.65. The average molecular weight is 234 g/mol. The van der Waals surface area contributed by atoms with Crippen LogP contribution >= 0.6 is 0 Å². The lowest BCUT2D eigenvalue weighted by Crippen LogP contribution is -2.32. The van der Waals surface area contributed by atoms with Crippen LogP contribution in [0.1, 0.15) is 38.3 Å². The highest BCUT2D eigenvalue weighted by Gasteiger charge is 2.17. The Kier molecular flexibility index (Phi) is 3.57. The van der Waals surface area contributed by atoms with Gasteiger partial charge in [0.2, 0.25) is 0 Å². The average Bonchev–Trinajstić information content (AvgIpc) is 2.29. The summed E-state index contributed by atoms with van der Waals surface area (Å²) in [6.07, 6.45) is 2.46. The summed E-state index contributed by atoms with van der Waals surface area (Å²) in [7, 11) is 0. The van der Waals surface area contributed by atoms with Crippen molar-refractivity contribution >= 4 is 5.69 Å². The van der Waals surface area contributed by atoms with Crippen molar-refractivity contribution in [2.24, 2.45) is 11.7 Å². The number of nitrogens with zero attached hydrogens (tertiary/aromatic N) is 1. The molecule has 1 aromatic carbocycles. The van der Waals surface area contributed by atoms with E-state index in [0.717, 1.165) is 30.3 Å². The number of phenols is 1. The van der Waals surface area contributed by atoms with Crippen molar-refractivity contribution in [1.29, 1.82) is 0 Å². The lowest BCUT2D eigenvalue weighted by atomic mass is 9.98. The van der Waals surface area contributed by atoms with Crippen molar-refractivity contribution in [2.75, 3.05) is 18.0 Å². The van der Waals surface area contributed by atoms with Gasteiger partial charge in [0.1, 0.15) is 5.75 Å². The number of piperidine rings is 1. The van der Waals surface area contributed by atoms with E-state index in [2.05, 4.69) is 17.9 Å². The van der Waals surface area contributed by atoms with Crippen LogP contribution in [0.3, 0.4) is 0 Å². The van der Waals surface area contributed by atoms with Crippen LogP contribution in [0.5, 0.6) is 5.75 Å². The predicted molar refractivity (Wildman–Crippen MR) is 71.3 cm³/mol. The van der Waals surface area contributed by atoms with E-state index in [1.807, 2.05) is 19.1 Å². The summed E-state index contributed by atoms with van der Waals surface area (Å²) in [5.74, 6) is 1.14. The van der Waals surface area contributed by atoms with E-state index in [0.29, 0.717) is 5.75 Å². The standard InChI is InChI=1S/C14H22N2O/c1-10-5-7-16(8-6-10)12-3-4-13(11(2)15)14(17)9-12/h3-4,9-11,17H,5-8,15H2,1-2H3. The molecule has 1 unspecified atom stereocenters. The molecule has 1 heterocycles. The minimum Gasteiger partial charge on any atom is -0.508 e. The first-order valence-electron chi connectivity index (χ1n) is 6.41. The van der Waals surface area contributed by atoms with Crippen LogP contribution in [-0.4, -0.2) is 18.2 Å². The molecule has 1 atom stereocenters. The highest BCUT2D eigenvalue weighted by Crippen LogP contribution is 2.30. The summed E-state index contributed by atoms with van der Waals surface area (Å²) in [5, 5.41) is 9.94. The fraction of sp³-hybridized carbons (Fsp3) is 0.571. The van der Waals surface area contributed by atoms with Gasteiger partial charge in [-0.1, -0.05) is 13.0 Å². The van der Waals surface area contributed by atoms with Gasteiger partial charge < -0.3 is 15.7 Å². The Morgan fingerprint density at radius 1 is 1.35 bits per heavy atom. The summed E-state index contributed by atoms with van der Waals surface area (Å²) >= 11 is 0. The van der Waals surface area contributed by atoms with E-state index in [1.54, 1.807) is 0 Å². The zero-order valence-corrected chi connectivity index (χ0v) is 10.7. The molecular weight excluding hydrogens is 212 g/mol. The first kappa shape index (κ1) is 12.2. The molecule has 0 spiro atoms. The number of rotatable bonds is 2. The molecule has 0 saturated carbocycles. The maximum absolute atomic E-state index is 9.94. The fourth-order valence-corrected chi connectivity index (χ4v) is 2.38. The highest BCUT2D eigenvalue weighted by atomic mass is 16.3. The van der Waals surface area contributed by atoms with Crippen LogP contribution in [0.25, 0.3) is 0 Å². The van der Waals surface area contributed by atoms with Crippen LogP contribution < -0.4 is 10.6 Å². The quantitative estimate of drug-likeness (QED) is 0.827. The summed E-state index contributed by atoms with van der Waals surface area (Å²) in [4.78, 5) is 2.34. The van der Waals surface area contributed by atoms with Crippen LogP contribution in [0.4, 0.5) is 5.69 Å². The number of hydrogen-bond donors (Lipinski definition) is 2. The molecule has 1 aromatic rings. The van der Waals surface area contributed by atoms with Gasteiger partial charge in [0.25, 0.3) is 0 Å². The third-order valence-corrected chi connectivity index (χ3v) is 3.65. The molecule has 0 bridgehead atoms. The van der Waals surface area contributed by atoms with Gasteiger partial charge in [0.15, 0.2) is 0 Å². The third kappa shape index (κ3) is 2.72. The number of aromatic hydroxyl groups is 1. The summed E-state index contributed by atoms with van der Waals surface area (Å²) in [5.41, 5.74) is 7.72. The molecule has 0 radical (unpaired) electrons. The minimum atomic E-state index is -0.120. The smallest absolute Gasteiger partial charge is 0.122 e. The Morgan fingerprint density at radius 3 is 2.53 bits per heavy atom. The van der Waals surface area contributed by atoms with Gasteiger partial charge in [-0.3, -0.25) is 0 Å². The Morgan fingerprint density at radius 2 is 2.00 bits per heavy atom. The molecule has 1 fully saturated rings. The van der Waals surface area contributed by atoms with Gasteiger partial charge in [-0.05, 0) is 31.7 Å². The largest absolute Gasteiger partial charge is 0.508 e. The van der Waals surface area contributed by atoms with E-state index in [1.165, 1.54) is 12.8 Å². The van der Waals surface area contributed by atoms with Crippen molar-refractivity contribution in [3.8, 4) is 5.75 Å². The molecule has 3 heteroatoms. The molecule has 2 rings (SSSR count). The van der Waals surface area contributed by atoms with Gasteiger partial charge >= 0.3 is 0 Å². The SMILES string of the molecule is CC1CCN(c2ccc(C(C)N)c(O)c2)CC1. The monoisotopic (exact) mass is 234 g/mol. The molecule has 0 aliphatic carbocycles. The maximum atomic E-state index is 9.94. The van der Waals surface area contributed by atoms with Crippen molar-refractivity contribution in [2.45, 2.75) is 32.7 Å². The third-order valence-electron chi connectivity index (χ3n) is 3.65. The number of benzene rings is 1. The number of nitrogens with two attached hydrogens (primary N) is 1. The van der Waals surface area contributed by atoms with E-state index < -0.39 is 0 Å². The van der Waals surface area contributed by atoms with Crippen LogP contribution in [0.2, 0.25) is 0 Å². The zero-order chi connectivity index (χ0) is 12.4. The maximum Gasteiger partial charge on any atom is 0.122 e. The lowest BCUT2D eigenvalue weighted by molar-refractivity contribution is 0.436. The molecule has 1 aliphatic rings. The van der Waals surface area contributed by atoms with Gasteiger partial charge in [-0.2, -0.15) is 0 Å². The molecule has 3 N–H and O–H groups in total. The number of phenolic OH excluding ortho intramolecular Hbond substituents is 1. The van der Waals surface area contributed by atoms with Gasteiger partial charge in [-0.15, -0.1) is 0 Å². The molecule has 1 saturated heterocycles. The van der Waals surface area contributed by atoms with Crippen LogP contribution in [0, 0.1) is 5.92 Å². The van der Waals surface area contributed by atoms with Crippen molar-refractivity contribution in [1.82, 2.24) is 0 Å². The van der Waals surface area contributed by atoms with Gasteiger partial charge in [0.05, 0.1) is 0 Å². The molecular formula is C14H22N2O. The molecule has 3 nitrogen and oxygen atoms in total. The van der Waals surface area contributed by atoms with Gasteiger partial charge in [0, 0.05) is 36.4 Å². The van der Waals surface area contributed by atoms with Crippen molar-refractivity contribution in [3.05, 3.63) is 23.8 Å². The topological polar surface area (TPSA) is 49.5 Å². The Bertz CT molecular complexity index is 382. The first-order chi connectivity index (χ1) is 8.08. The number of hydrogen-bond acceptors (Lipinski definition) is 3. The van der Waals surface area contributed by atoms with Crippen molar-refractivity contribution in [3.63, 3.8) is 0 Å². The molecule has 94 valence electrons. The highest BCUT2D eigenvalue weighted by molar-refractivity contribution is 5.54. The number of anilines is 1. The van der Waals surface area contributed by atoms with E-state index in [4.69, 9.17) is 5.73 Å². The first-order valence-corrected chi connectivity index (χ1v) is 6.41. The minimum absolute atomic E-state index is 0.120. The Balaban J connectivity index is 2.14. The normalized spacial score (nSPS) is 19.4. The van der Waals surface area contributed by atoms with Crippen LogP contribution in [-0.2, 0) is 0 Å². The lowest BCUT2D eigenvalue weighted by Gasteiger charge is -2.32. The summed E-state index contributed by atoms with van der Waals surface area (Å²) in [6, 6.07) is 5.72. The Hall–Kier alpha value is -1.22. The summed E-state index contributed by atoms with van der Waals surface area (Å²) in [6.45, 7) is 6.35. The fourth-order valence-electron chi connectivity index (χ4n) is 2.38. The van der Waals surface area contributed by atoms with Crippen molar-refractivity contribution < 1.29 is 5.11 Å². The van der Waals surface area contributed by atoms with E-state index in [-0.39, 0.29) is 6.04 Å². The molecule has 0 aromatic heterocycles. The molecule has 0 amide bonds. The Labute approximate surface area is 103 Å². The molecule has 1 aliphatic heterocycles. The second-order valence-electron chi connectivity index (χ2n) is 5.20. The second kappa shape index (κ2) is 4.96. The second-order valence-corrected chi connectivity index (χ2v) is 5.20.